The van der Waals surface area contributed by atoms with Crippen molar-refractivity contribution in [1.82, 2.24) is 19.2 Å². The van der Waals surface area contributed by atoms with Crippen LogP contribution in [0.5, 0.6) is 0 Å². The molecule has 0 radical (unpaired) electrons. The molecule has 0 atom stereocenters. The molecular formula is C23H24N6O. The lowest BCUT2D eigenvalue weighted by Crippen LogP contribution is -2.39. The van der Waals surface area contributed by atoms with Crippen LogP contribution in [0.1, 0.15) is 12.8 Å². The number of nitrogens with zero attached hydrogens (tertiary/aromatic N) is 5. The SMILES string of the molecule is Cn1cc(-c2ccc(-c3cnc4cccc(N5CCC(C(N)=O)CC5)n34)cc2)cn1. The summed E-state index contributed by atoms with van der Waals surface area (Å²) in [5.74, 6) is 0.881. The van der Waals surface area contributed by atoms with E-state index in [4.69, 9.17) is 5.73 Å². The van der Waals surface area contributed by atoms with Gasteiger partial charge in [-0.05, 0) is 30.5 Å². The van der Waals surface area contributed by atoms with Crippen molar-refractivity contribution in [3.63, 3.8) is 0 Å². The molecule has 152 valence electrons. The Balaban J connectivity index is 1.49. The number of primary amides is 1. The predicted octanol–water partition coefficient (Wildman–Crippen LogP) is 3.10. The summed E-state index contributed by atoms with van der Waals surface area (Å²) < 4.78 is 4.01. The first-order valence-electron chi connectivity index (χ1n) is 10.2. The molecule has 3 aromatic heterocycles. The van der Waals surface area contributed by atoms with Crippen molar-refractivity contribution in [3.8, 4) is 22.4 Å². The molecule has 1 fully saturated rings. The van der Waals surface area contributed by atoms with E-state index in [1.165, 1.54) is 0 Å². The number of benzene rings is 1. The average molecular weight is 400 g/mol. The summed E-state index contributed by atoms with van der Waals surface area (Å²) in [5, 5.41) is 4.25. The van der Waals surface area contributed by atoms with Crippen LogP contribution in [0.4, 0.5) is 5.82 Å². The minimum absolute atomic E-state index is 0.0252. The summed E-state index contributed by atoms with van der Waals surface area (Å²) in [4.78, 5) is 18.5. The van der Waals surface area contributed by atoms with Gasteiger partial charge in [0.2, 0.25) is 5.91 Å². The Labute approximate surface area is 174 Å². The Morgan fingerprint density at radius 2 is 1.73 bits per heavy atom. The molecule has 30 heavy (non-hydrogen) atoms. The third-order valence-electron chi connectivity index (χ3n) is 5.95. The average Bonchev–Trinajstić information content (AvgIpc) is 3.40. The Morgan fingerprint density at radius 3 is 2.40 bits per heavy atom. The number of pyridine rings is 1. The van der Waals surface area contributed by atoms with Crippen molar-refractivity contribution in [2.45, 2.75) is 12.8 Å². The molecule has 0 spiro atoms. The van der Waals surface area contributed by atoms with E-state index in [0.29, 0.717) is 0 Å². The molecule has 0 unspecified atom stereocenters. The lowest BCUT2D eigenvalue weighted by molar-refractivity contribution is -0.122. The van der Waals surface area contributed by atoms with Crippen LogP contribution in [0, 0.1) is 5.92 Å². The molecule has 2 N–H and O–H groups in total. The molecule has 1 saturated heterocycles. The first kappa shape index (κ1) is 18.4. The number of aryl methyl sites for hydroxylation is 1. The van der Waals surface area contributed by atoms with Gasteiger partial charge in [-0.3, -0.25) is 13.9 Å². The largest absolute Gasteiger partial charge is 0.369 e. The highest BCUT2D eigenvalue weighted by Crippen LogP contribution is 2.30. The van der Waals surface area contributed by atoms with Gasteiger partial charge in [0.15, 0.2) is 0 Å². The minimum Gasteiger partial charge on any atom is -0.369 e. The number of piperidine rings is 1. The van der Waals surface area contributed by atoms with Crippen LogP contribution in [-0.4, -0.2) is 38.2 Å². The van der Waals surface area contributed by atoms with Crippen LogP contribution in [0.3, 0.4) is 0 Å². The van der Waals surface area contributed by atoms with E-state index < -0.39 is 0 Å². The monoisotopic (exact) mass is 400 g/mol. The number of amides is 1. The number of carbonyl (C=O) groups is 1. The van der Waals surface area contributed by atoms with Crippen molar-refractivity contribution in [1.29, 1.82) is 0 Å². The molecule has 0 aliphatic carbocycles. The van der Waals surface area contributed by atoms with Crippen molar-refractivity contribution >= 4 is 17.4 Å². The topological polar surface area (TPSA) is 81.5 Å². The number of rotatable bonds is 4. The van der Waals surface area contributed by atoms with Crippen LogP contribution in [0.15, 0.2) is 61.1 Å². The van der Waals surface area contributed by atoms with Crippen molar-refractivity contribution in [2.75, 3.05) is 18.0 Å². The number of nitrogens with two attached hydrogens (primary N) is 1. The second-order valence-corrected chi connectivity index (χ2v) is 7.86. The zero-order valence-corrected chi connectivity index (χ0v) is 16.9. The van der Waals surface area contributed by atoms with Gasteiger partial charge in [-0.25, -0.2) is 4.98 Å². The van der Waals surface area contributed by atoms with Crippen LogP contribution in [0.2, 0.25) is 0 Å². The maximum atomic E-state index is 11.5. The number of fused-ring (bicyclic) bond motifs is 1. The van der Waals surface area contributed by atoms with E-state index in [9.17, 15) is 4.79 Å². The molecule has 4 heterocycles. The Bertz CT molecular complexity index is 1200. The smallest absolute Gasteiger partial charge is 0.220 e. The molecule has 7 heteroatoms. The molecule has 4 aromatic rings. The van der Waals surface area contributed by atoms with Gasteiger partial charge in [0, 0.05) is 43.4 Å². The second-order valence-electron chi connectivity index (χ2n) is 7.86. The molecule has 1 amide bonds. The maximum Gasteiger partial charge on any atom is 0.220 e. The zero-order chi connectivity index (χ0) is 20.7. The third-order valence-corrected chi connectivity index (χ3v) is 5.95. The highest BCUT2D eigenvalue weighted by Gasteiger charge is 2.25. The summed E-state index contributed by atoms with van der Waals surface area (Å²) in [6.45, 7) is 1.62. The molecule has 1 aliphatic rings. The van der Waals surface area contributed by atoms with Crippen molar-refractivity contribution < 1.29 is 4.79 Å². The summed E-state index contributed by atoms with van der Waals surface area (Å²) in [5.41, 5.74) is 10.8. The highest BCUT2D eigenvalue weighted by atomic mass is 16.1. The number of carbonyl (C=O) groups excluding carboxylic acids is 1. The van der Waals surface area contributed by atoms with E-state index in [0.717, 1.165) is 59.8 Å². The number of anilines is 1. The zero-order valence-electron chi connectivity index (χ0n) is 16.9. The maximum absolute atomic E-state index is 11.5. The van der Waals surface area contributed by atoms with E-state index in [2.05, 4.69) is 49.7 Å². The van der Waals surface area contributed by atoms with E-state index >= 15 is 0 Å². The van der Waals surface area contributed by atoms with Crippen LogP contribution >= 0.6 is 0 Å². The molecule has 1 aliphatic heterocycles. The summed E-state index contributed by atoms with van der Waals surface area (Å²) >= 11 is 0. The Morgan fingerprint density at radius 1 is 1.00 bits per heavy atom. The van der Waals surface area contributed by atoms with E-state index in [1.807, 2.05) is 37.8 Å². The Kier molecular flexibility index (Phi) is 4.50. The Hall–Kier alpha value is -3.61. The van der Waals surface area contributed by atoms with Gasteiger partial charge < -0.3 is 10.6 Å². The number of hydrogen-bond donors (Lipinski definition) is 1. The van der Waals surface area contributed by atoms with Crippen molar-refractivity contribution in [2.24, 2.45) is 18.7 Å². The highest BCUT2D eigenvalue weighted by molar-refractivity contribution is 5.77. The van der Waals surface area contributed by atoms with Crippen molar-refractivity contribution in [3.05, 3.63) is 61.1 Å². The lowest BCUT2D eigenvalue weighted by atomic mass is 9.96. The third kappa shape index (κ3) is 3.22. The fraction of sp³-hybridized carbons (Fsp3) is 0.261. The molecular weight excluding hydrogens is 376 g/mol. The van der Waals surface area contributed by atoms with Gasteiger partial charge >= 0.3 is 0 Å². The van der Waals surface area contributed by atoms with Crippen LogP contribution in [0.25, 0.3) is 28.0 Å². The predicted molar refractivity (Wildman–Crippen MR) is 117 cm³/mol. The summed E-state index contributed by atoms with van der Waals surface area (Å²) in [6, 6.07) is 14.7. The fourth-order valence-electron chi connectivity index (χ4n) is 4.27. The molecule has 5 rings (SSSR count). The fourth-order valence-corrected chi connectivity index (χ4v) is 4.27. The van der Waals surface area contributed by atoms with E-state index in [-0.39, 0.29) is 11.8 Å². The van der Waals surface area contributed by atoms with Crippen LogP contribution in [-0.2, 0) is 11.8 Å². The first-order valence-corrected chi connectivity index (χ1v) is 10.2. The molecule has 7 nitrogen and oxygen atoms in total. The number of hydrogen-bond acceptors (Lipinski definition) is 4. The van der Waals surface area contributed by atoms with Gasteiger partial charge in [0.25, 0.3) is 0 Å². The van der Waals surface area contributed by atoms with Gasteiger partial charge in [0.1, 0.15) is 11.5 Å². The first-order chi connectivity index (χ1) is 14.6. The standard InChI is InChI=1S/C23H24N6O/c1-27-15-19(13-26-27)16-5-7-17(8-6-16)20-14-25-21-3-2-4-22(29(20)21)28-11-9-18(10-12-28)23(24)30/h2-8,13-15,18H,9-12H2,1H3,(H2,24,30). The second kappa shape index (κ2) is 7.33. The van der Waals surface area contributed by atoms with Gasteiger partial charge in [0.05, 0.1) is 18.1 Å². The molecule has 0 saturated carbocycles. The van der Waals surface area contributed by atoms with Gasteiger partial charge in [-0.1, -0.05) is 30.3 Å². The lowest BCUT2D eigenvalue weighted by Gasteiger charge is -2.33. The summed E-state index contributed by atoms with van der Waals surface area (Å²) in [7, 11) is 1.92. The normalized spacial score (nSPS) is 15.0. The number of aromatic nitrogens is 4. The van der Waals surface area contributed by atoms with Crippen LogP contribution < -0.4 is 10.6 Å². The molecule has 1 aromatic carbocycles. The minimum atomic E-state index is -0.190. The summed E-state index contributed by atoms with van der Waals surface area (Å²) in [6.07, 6.45) is 7.38. The number of imidazole rings is 1. The van der Waals surface area contributed by atoms with Gasteiger partial charge in [-0.2, -0.15) is 5.10 Å². The molecule has 0 bridgehead atoms. The quantitative estimate of drug-likeness (QED) is 0.571. The van der Waals surface area contributed by atoms with Gasteiger partial charge in [-0.15, -0.1) is 0 Å². The van der Waals surface area contributed by atoms with E-state index in [1.54, 1.807) is 4.68 Å².